The molecule has 0 fully saturated rings. The average Bonchev–Trinajstić information content (AvgIpc) is 2.25. The molecule has 0 heterocycles. The number of hydrogen-bond acceptors (Lipinski definition) is 5. The van der Waals surface area contributed by atoms with Gasteiger partial charge in [-0.3, -0.25) is 4.79 Å². The number of carbonyl (C=O) groups excluding carboxylic acids is 2. The number of rotatable bonds is 8. The Balaban J connectivity index is 4.19. The minimum absolute atomic E-state index is 0.228. The molecule has 2 atom stereocenters. The highest BCUT2D eigenvalue weighted by atomic mass is 16.5. The normalized spacial score (nSPS) is 15.6. The summed E-state index contributed by atoms with van der Waals surface area (Å²) in [6.45, 7) is 5.64. The molecule has 106 valence electrons. The molecule has 0 saturated heterocycles. The molecule has 0 bridgehead atoms. The van der Waals surface area contributed by atoms with E-state index < -0.39 is 17.6 Å². The molecule has 6 nitrogen and oxygen atoms in total. The van der Waals surface area contributed by atoms with Gasteiger partial charge in [-0.1, -0.05) is 13.3 Å². The van der Waals surface area contributed by atoms with Crippen LogP contribution in [0.15, 0.2) is 0 Å². The fourth-order valence-electron chi connectivity index (χ4n) is 1.69. The number of amides is 1. The lowest BCUT2D eigenvalue weighted by Gasteiger charge is -2.24. The number of methoxy groups -OCH3 is 1. The second-order valence-corrected chi connectivity index (χ2v) is 4.65. The van der Waals surface area contributed by atoms with Gasteiger partial charge in [-0.15, -0.1) is 0 Å². The number of ether oxygens (including phenoxy) is 1. The quantitative estimate of drug-likeness (QED) is 0.526. The van der Waals surface area contributed by atoms with Crippen LogP contribution in [0.2, 0.25) is 0 Å². The smallest absolute Gasteiger partial charge is 0.329 e. The molecule has 0 aliphatic rings. The van der Waals surface area contributed by atoms with Crippen molar-refractivity contribution in [1.82, 2.24) is 10.6 Å². The molecule has 0 aliphatic heterocycles. The van der Waals surface area contributed by atoms with Crippen molar-refractivity contribution in [1.29, 1.82) is 0 Å². The van der Waals surface area contributed by atoms with Crippen LogP contribution in [0, 0.1) is 0 Å². The Morgan fingerprint density at radius 1 is 1.44 bits per heavy atom. The molecular formula is C12H24N2O4. The lowest BCUT2D eigenvalue weighted by atomic mass is 10.0. The topological polar surface area (TPSA) is 87.7 Å². The third-order valence-corrected chi connectivity index (χ3v) is 2.51. The minimum atomic E-state index is -0.814. The molecule has 0 aromatic rings. The summed E-state index contributed by atoms with van der Waals surface area (Å²) in [6.07, 6.45) is 1.55. The fourth-order valence-corrected chi connectivity index (χ4v) is 1.69. The first-order valence-electron chi connectivity index (χ1n) is 6.10. The van der Waals surface area contributed by atoms with E-state index in [1.165, 1.54) is 14.0 Å². The van der Waals surface area contributed by atoms with Gasteiger partial charge >= 0.3 is 5.97 Å². The summed E-state index contributed by atoms with van der Waals surface area (Å²) in [5.41, 5.74) is -0.814. The van der Waals surface area contributed by atoms with E-state index in [1.54, 1.807) is 6.92 Å². The van der Waals surface area contributed by atoms with Gasteiger partial charge in [-0.25, -0.2) is 4.79 Å². The minimum Gasteiger partial charge on any atom is -0.467 e. The van der Waals surface area contributed by atoms with E-state index in [1.807, 2.05) is 6.92 Å². The summed E-state index contributed by atoms with van der Waals surface area (Å²) in [7, 11) is 1.27. The molecular weight excluding hydrogens is 236 g/mol. The Hall–Kier alpha value is -1.14. The van der Waals surface area contributed by atoms with Crippen molar-refractivity contribution < 1.29 is 19.4 Å². The van der Waals surface area contributed by atoms with Gasteiger partial charge in [0.2, 0.25) is 5.91 Å². The first-order valence-corrected chi connectivity index (χ1v) is 6.10. The van der Waals surface area contributed by atoms with Crippen LogP contribution in [-0.2, 0) is 14.3 Å². The standard InChI is InChI=1S/C12H24N2O4/c1-5-6-12(3,17)8-13-7-10(11(16)18-4)14-9(2)15/h10,13,17H,5-8H2,1-4H3,(H,14,15). The highest BCUT2D eigenvalue weighted by Gasteiger charge is 2.23. The Bertz CT molecular complexity index is 279. The molecule has 3 N–H and O–H groups in total. The van der Waals surface area contributed by atoms with E-state index in [9.17, 15) is 14.7 Å². The number of hydrogen-bond donors (Lipinski definition) is 3. The maximum absolute atomic E-state index is 11.4. The van der Waals surface area contributed by atoms with Crippen LogP contribution in [0.3, 0.4) is 0 Å². The maximum Gasteiger partial charge on any atom is 0.329 e. The van der Waals surface area contributed by atoms with Crippen LogP contribution in [0.1, 0.15) is 33.6 Å². The number of carbonyl (C=O) groups is 2. The van der Waals surface area contributed by atoms with Gasteiger partial charge in [0.05, 0.1) is 12.7 Å². The summed E-state index contributed by atoms with van der Waals surface area (Å²) in [5, 5.41) is 15.4. The van der Waals surface area contributed by atoms with Crippen LogP contribution >= 0.6 is 0 Å². The predicted octanol–water partition coefficient (Wildman–Crippen LogP) is -0.195. The second kappa shape index (κ2) is 8.05. The van der Waals surface area contributed by atoms with Gasteiger partial charge in [0.15, 0.2) is 0 Å². The summed E-state index contributed by atoms with van der Waals surface area (Å²) >= 11 is 0. The number of nitrogens with one attached hydrogen (secondary N) is 2. The van der Waals surface area contributed by atoms with Crippen molar-refractivity contribution in [3.05, 3.63) is 0 Å². The van der Waals surface area contributed by atoms with Gasteiger partial charge in [-0.2, -0.15) is 0 Å². The van der Waals surface area contributed by atoms with Gasteiger partial charge in [-0.05, 0) is 13.3 Å². The lowest BCUT2D eigenvalue weighted by Crippen LogP contribution is -2.49. The van der Waals surface area contributed by atoms with Crippen molar-refractivity contribution in [2.75, 3.05) is 20.2 Å². The van der Waals surface area contributed by atoms with Crippen molar-refractivity contribution in [2.45, 2.75) is 45.3 Å². The van der Waals surface area contributed by atoms with E-state index in [0.29, 0.717) is 13.0 Å². The van der Waals surface area contributed by atoms with Crippen molar-refractivity contribution >= 4 is 11.9 Å². The fraction of sp³-hybridized carbons (Fsp3) is 0.833. The van der Waals surface area contributed by atoms with Crippen LogP contribution in [-0.4, -0.2) is 48.8 Å². The molecule has 1 amide bonds. The van der Waals surface area contributed by atoms with Gasteiger partial charge in [0.1, 0.15) is 6.04 Å². The summed E-state index contributed by atoms with van der Waals surface area (Å²) in [6, 6.07) is -0.732. The van der Waals surface area contributed by atoms with E-state index in [-0.39, 0.29) is 12.5 Å². The maximum atomic E-state index is 11.4. The number of aliphatic hydroxyl groups is 1. The zero-order chi connectivity index (χ0) is 14.2. The molecule has 0 aromatic carbocycles. The van der Waals surface area contributed by atoms with E-state index in [4.69, 9.17) is 0 Å². The molecule has 2 unspecified atom stereocenters. The highest BCUT2D eigenvalue weighted by molar-refractivity contribution is 5.83. The van der Waals surface area contributed by atoms with E-state index in [2.05, 4.69) is 15.4 Å². The highest BCUT2D eigenvalue weighted by Crippen LogP contribution is 2.09. The van der Waals surface area contributed by atoms with E-state index >= 15 is 0 Å². The molecule has 0 rings (SSSR count). The van der Waals surface area contributed by atoms with Crippen molar-refractivity contribution in [3.63, 3.8) is 0 Å². The summed E-state index contributed by atoms with van der Waals surface area (Å²) < 4.78 is 4.59. The molecule has 6 heteroatoms. The number of esters is 1. The Morgan fingerprint density at radius 3 is 2.50 bits per heavy atom. The summed E-state index contributed by atoms with van der Waals surface area (Å²) in [5.74, 6) is -0.805. The third-order valence-electron chi connectivity index (χ3n) is 2.51. The molecule has 0 spiro atoms. The molecule has 0 saturated carbocycles. The van der Waals surface area contributed by atoms with Gasteiger partial charge in [0.25, 0.3) is 0 Å². The van der Waals surface area contributed by atoms with Crippen molar-refractivity contribution in [3.8, 4) is 0 Å². The van der Waals surface area contributed by atoms with Crippen LogP contribution in [0.4, 0.5) is 0 Å². The van der Waals surface area contributed by atoms with Crippen LogP contribution in [0.5, 0.6) is 0 Å². The Kier molecular flexibility index (Phi) is 7.54. The zero-order valence-corrected chi connectivity index (χ0v) is 11.6. The van der Waals surface area contributed by atoms with Crippen LogP contribution < -0.4 is 10.6 Å². The molecule has 18 heavy (non-hydrogen) atoms. The summed E-state index contributed by atoms with van der Waals surface area (Å²) in [4.78, 5) is 22.3. The SMILES string of the molecule is CCCC(C)(O)CNCC(NC(C)=O)C(=O)OC. The van der Waals surface area contributed by atoms with Gasteiger partial charge in [0, 0.05) is 20.0 Å². The third kappa shape index (κ3) is 7.24. The van der Waals surface area contributed by atoms with Gasteiger partial charge < -0.3 is 20.5 Å². The Morgan fingerprint density at radius 2 is 2.06 bits per heavy atom. The van der Waals surface area contributed by atoms with Crippen molar-refractivity contribution in [2.24, 2.45) is 0 Å². The monoisotopic (exact) mass is 260 g/mol. The van der Waals surface area contributed by atoms with E-state index in [0.717, 1.165) is 6.42 Å². The average molecular weight is 260 g/mol. The first-order chi connectivity index (χ1) is 8.32. The second-order valence-electron chi connectivity index (χ2n) is 4.65. The first kappa shape index (κ1) is 16.9. The van der Waals surface area contributed by atoms with Crippen LogP contribution in [0.25, 0.3) is 0 Å². The molecule has 0 aliphatic carbocycles. The molecule has 0 radical (unpaired) electrons. The Labute approximate surface area is 108 Å². The molecule has 0 aromatic heterocycles. The largest absolute Gasteiger partial charge is 0.467 e. The predicted molar refractivity (Wildman–Crippen MR) is 68.0 cm³/mol. The lowest BCUT2D eigenvalue weighted by molar-refractivity contribution is -0.144. The zero-order valence-electron chi connectivity index (χ0n) is 11.6.